The number of allylic oxidation sites excluding steroid dienone is 1. The predicted molar refractivity (Wildman–Crippen MR) is 172 cm³/mol. The van der Waals surface area contributed by atoms with Gasteiger partial charge in [0.15, 0.2) is 16.3 Å². The van der Waals surface area contributed by atoms with Crippen LogP contribution in [0.4, 0.5) is 11.4 Å². The van der Waals surface area contributed by atoms with Gasteiger partial charge in [0.1, 0.15) is 0 Å². The van der Waals surface area contributed by atoms with Crippen molar-refractivity contribution < 1.29 is 23.9 Å². The molecule has 2 aliphatic heterocycles. The first-order valence-corrected chi connectivity index (χ1v) is 15.6. The Labute approximate surface area is 264 Å². The number of aromatic nitrogens is 1. The number of likely N-dealkylation sites (N-methyl/N-ethyl adjacent to an activating group) is 1. The molecule has 0 unspecified atom stereocenters. The monoisotopic (exact) mass is 635 g/mol. The van der Waals surface area contributed by atoms with Gasteiger partial charge in [-0.1, -0.05) is 17.4 Å². The molecule has 1 atom stereocenters. The van der Waals surface area contributed by atoms with Crippen LogP contribution in [0.1, 0.15) is 44.9 Å². The Kier molecular flexibility index (Phi) is 9.40. The number of hydrogen-bond donors (Lipinski definition) is 0. The maximum absolute atomic E-state index is 14.2. The zero-order valence-electron chi connectivity index (χ0n) is 26.2. The molecule has 3 heterocycles. The molecule has 13 heteroatoms. The molecule has 0 spiro atoms. The highest BCUT2D eigenvalue weighted by molar-refractivity contribution is 7.07. The van der Waals surface area contributed by atoms with Crippen LogP contribution in [0.2, 0.25) is 0 Å². The minimum Gasteiger partial charge on any atom is -0.493 e. The van der Waals surface area contributed by atoms with Gasteiger partial charge < -0.3 is 24.0 Å². The Morgan fingerprint density at radius 1 is 1.16 bits per heavy atom. The largest absolute Gasteiger partial charge is 0.493 e. The van der Waals surface area contributed by atoms with Crippen LogP contribution in [-0.2, 0) is 9.53 Å². The van der Waals surface area contributed by atoms with E-state index in [4.69, 9.17) is 14.2 Å². The van der Waals surface area contributed by atoms with Gasteiger partial charge in [-0.3, -0.25) is 19.5 Å². The lowest BCUT2D eigenvalue weighted by Gasteiger charge is -2.34. The Bertz CT molecular complexity index is 1840. The van der Waals surface area contributed by atoms with Gasteiger partial charge in [0.25, 0.3) is 11.2 Å². The fourth-order valence-corrected chi connectivity index (χ4v) is 6.58. The zero-order valence-corrected chi connectivity index (χ0v) is 27.1. The van der Waals surface area contributed by atoms with Crippen molar-refractivity contribution in [2.24, 2.45) is 4.99 Å². The number of nitro benzene ring substituents is 1. The number of carbonyl (C=O) groups excluding carboxylic acids is 1. The summed E-state index contributed by atoms with van der Waals surface area (Å²) in [6.07, 6.45) is 1.45. The number of piperazine rings is 1. The van der Waals surface area contributed by atoms with Crippen LogP contribution in [0.5, 0.6) is 11.5 Å². The van der Waals surface area contributed by atoms with Crippen LogP contribution in [0.3, 0.4) is 0 Å². The first-order chi connectivity index (χ1) is 21.5. The average Bonchev–Trinajstić information content (AvgIpc) is 3.30. The summed E-state index contributed by atoms with van der Waals surface area (Å²) in [7, 11) is 3.58. The van der Waals surface area contributed by atoms with E-state index in [1.54, 1.807) is 50.3 Å². The van der Waals surface area contributed by atoms with E-state index >= 15 is 0 Å². The van der Waals surface area contributed by atoms with E-state index in [1.165, 1.54) is 17.7 Å². The molecular weight excluding hydrogens is 598 g/mol. The van der Waals surface area contributed by atoms with Gasteiger partial charge in [-0.05, 0) is 70.6 Å². The van der Waals surface area contributed by atoms with Gasteiger partial charge >= 0.3 is 5.97 Å². The van der Waals surface area contributed by atoms with Crippen molar-refractivity contribution in [1.29, 1.82) is 0 Å². The Morgan fingerprint density at radius 3 is 2.53 bits per heavy atom. The number of methoxy groups -OCH3 is 1. The second-order valence-electron chi connectivity index (χ2n) is 11.2. The van der Waals surface area contributed by atoms with Crippen molar-refractivity contribution in [1.82, 2.24) is 9.47 Å². The normalized spacial score (nSPS) is 17.3. The fraction of sp³-hybridized carbons (Fsp3) is 0.406. The maximum Gasteiger partial charge on any atom is 0.338 e. The topological polar surface area (TPSA) is 129 Å². The molecule has 12 nitrogen and oxygen atoms in total. The third kappa shape index (κ3) is 6.50. The van der Waals surface area contributed by atoms with Gasteiger partial charge in [-0.2, -0.15) is 0 Å². The molecule has 45 heavy (non-hydrogen) atoms. The van der Waals surface area contributed by atoms with Gasteiger partial charge in [-0.15, -0.1) is 0 Å². The van der Waals surface area contributed by atoms with Crippen LogP contribution in [-0.4, -0.2) is 73.4 Å². The molecule has 5 rings (SSSR count). The number of nitrogens with zero attached hydrogens (tertiary/aromatic N) is 5. The van der Waals surface area contributed by atoms with E-state index in [9.17, 15) is 19.7 Å². The number of rotatable bonds is 9. The van der Waals surface area contributed by atoms with Gasteiger partial charge in [0.05, 0.1) is 52.2 Å². The molecule has 0 saturated carbocycles. The Hall–Kier alpha value is -4.49. The van der Waals surface area contributed by atoms with Gasteiger partial charge in [0.2, 0.25) is 0 Å². The average molecular weight is 636 g/mol. The molecule has 238 valence electrons. The summed E-state index contributed by atoms with van der Waals surface area (Å²) in [4.78, 5) is 48.4. The van der Waals surface area contributed by atoms with Crippen LogP contribution in [0, 0.1) is 10.1 Å². The number of anilines is 1. The first-order valence-electron chi connectivity index (χ1n) is 14.8. The van der Waals surface area contributed by atoms with Gasteiger partial charge in [-0.25, -0.2) is 9.79 Å². The second-order valence-corrected chi connectivity index (χ2v) is 12.2. The molecule has 0 amide bonds. The number of nitro groups is 1. The summed E-state index contributed by atoms with van der Waals surface area (Å²) < 4.78 is 18.6. The van der Waals surface area contributed by atoms with E-state index in [0.29, 0.717) is 33.1 Å². The van der Waals surface area contributed by atoms with Crippen LogP contribution in [0.15, 0.2) is 57.5 Å². The molecule has 0 aliphatic carbocycles. The Morgan fingerprint density at radius 2 is 1.89 bits per heavy atom. The van der Waals surface area contributed by atoms with Crippen LogP contribution < -0.4 is 29.3 Å². The number of fused-ring (bicyclic) bond motifs is 1. The lowest BCUT2D eigenvalue weighted by Crippen LogP contribution is -2.44. The number of ether oxygens (including phenoxy) is 3. The van der Waals surface area contributed by atoms with Crippen LogP contribution >= 0.6 is 11.3 Å². The molecule has 0 N–H and O–H groups in total. The van der Waals surface area contributed by atoms with Crippen molar-refractivity contribution in [3.8, 4) is 11.5 Å². The quantitative estimate of drug-likeness (QED) is 0.198. The minimum atomic E-state index is -0.879. The third-order valence-corrected chi connectivity index (χ3v) is 8.73. The first kappa shape index (κ1) is 31.9. The summed E-state index contributed by atoms with van der Waals surface area (Å²) in [6, 6.07) is 9.37. The number of esters is 1. The second kappa shape index (κ2) is 13.2. The summed E-state index contributed by atoms with van der Waals surface area (Å²) in [5, 5.41) is 12.0. The van der Waals surface area contributed by atoms with E-state index in [2.05, 4.69) is 21.8 Å². The summed E-state index contributed by atoms with van der Waals surface area (Å²) in [6.45, 7) is 10.7. The highest BCUT2D eigenvalue weighted by Crippen LogP contribution is 2.36. The Balaban J connectivity index is 1.68. The highest BCUT2D eigenvalue weighted by atomic mass is 32.1. The number of thiazole rings is 1. The molecule has 2 aromatic carbocycles. The minimum absolute atomic E-state index is 0.0986. The maximum atomic E-state index is 14.2. The number of benzene rings is 2. The van der Waals surface area contributed by atoms with E-state index in [-0.39, 0.29) is 28.5 Å². The van der Waals surface area contributed by atoms with Crippen molar-refractivity contribution in [2.45, 2.75) is 39.8 Å². The zero-order chi connectivity index (χ0) is 32.4. The molecule has 1 aromatic heterocycles. The molecule has 3 aromatic rings. The molecule has 1 saturated heterocycles. The fourth-order valence-electron chi connectivity index (χ4n) is 5.54. The smallest absolute Gasteiger partial charge is 0.338 e. The molecular formula is C32H37N5O7S. The summed E-state index contributed by atoms with van der Waals surface area (Å²) in [5.41, 5.74) is 1.85. The molecule has 2 aliphatic rings. The van der Waals surface area contributed by atoms with E-state index < -0.39 is 22.5 Å². The molecule has 0 radical (unpaired) electrons. The molecule has 0 bridgehead atoms. The summed E-state index contributed by atoms with van der Waals surface area (Å²) in [5.74, 6) is 0.377. The summed E-state index contributed by atoms with van der Waals surface area (Å²) >= 11 is 1.11. The lowest BCUT2D eigenvalue weighted by molar-refractivity contribution is -0.385. The number of carbonyl (C=O) groups is 1. The SMILES string of the molecule is CCOC(=O)C1=C(C)N=c2s/c(=C\c3cc(N4CCN(C)CC4)ccc3[N+](=O)[O-])c(=O)n2[C@@H]1c1ccc(OC(C)C)c(OC)c1. The highest BCUT2D eigenvalue weighted by Gasteiger charge is 2.34. The predicted octanol–water partition coefficient (Wildman–Crippen LogP) is 3.25. The van der Waals surface area contributed by atoms with Crippen molar-refractivity contribution in [2.75, 3.05) is 51.8 Å². The van der Waals surface area contributed by atoms with Crippen molar-refractivity contribution >= 4 is 34.8 Å². The molecule has 1 fully saturated rings. The van der Waals surface area contributed by atoms with Gasteiger partial charge in [0, 0.05) is 37.9 Å². The standard InChI is InChI=1S/C32H37N5O7S/c1-7-43-31(39)28-20(4)33-32-36(29(28)21-8-11-25(44-19(2)3)26(17-21)42-6)30(38)27(45-32)18-22-16-23(9-10-24(22)37(40)41)35-14-12-34(5)13-15-35/h8-11,16-19,29H,7,12-15H2,1-6H3/b27-18-/t29-/m1/s1. The van der Waals surface area contributed by atoms with Crippen molar-refractivity contribution in [3.63, 3.8) is 0 Å². The third-order valence-electron chi connectivity index (χ3n) is 7.75. The van der Waals surface area contributed by atoms with E-state index in [0.717, 1.165) is 43.2 Å². The van der Waals surface area contributed by atoms with E-state index in [1.807, 2.05) is 13.8 Å². The number of hydrogen-bond acceptors (Lipinski definition) is 11. The van der Waals surface area contributed by atoms with Crippen LogP contribution in [0.25, 0.3) is 6.08 Å². The van der Waals surface area contributed by atoms with Crippen molar-refractivity contribution in [3.05, 3.63) is 88.6 Å². The lowest BCUT2D eigenvalue weighted by atomic mass is 9.95.